The average molecular weight is 252 g/mol. The van der Waals surface area contributed by atoms with E-state index in [0.29, 0.717) is 5.56 Å². The van der Waals surface area contributed by atoms with Crippen LogP contribution in [0.15, 0.2) is 16.6 Å². The molecule has 0 fully saturated rings. The van der Waals surface area contributed by atoms with Crippen LogP contribution in [0.3, 0.4) is 0 Å². The lowest BCUT2D eigenvalue weighted by atomic mass is 10.2. The summed E-state index contributed by atoms with van der Waals surface area (Å²) in [6.07, 6.45) is 0. The number of benzene rings is 1. The summed E-state index contributed by atoms with van der Waals surface area (Å²) in [5.74, 6) is -1.22. The Labute approximate surface area is 83.0 Å². The van der Waals surface area contributed by atoms with Crippen LogP contribution in [-0.2, 0) is 11.4 Å². The molecule has 0 aliphatic rings. The van der Waals surface area contributed by atoms with Crippen molar-refractivity contribution in [2.24, 2.45) is 0 Å². The minimum absolute atomic E-state index is 0.150. The van der Waals surface area contributed by atoms with E-state index < -0.39 is 11.6 Å². The summed E-state index contributed by atoms with van der Waals surface area (Å²) < 4.78 is 25.8. The third kappa shape index (κ3) is 2.46. The van der Waals surface area contributed by atoms with Gasteiger partial charge in [-0.25, -0.2) is 8.78 Å². The van der Waals surface area contributed by atoms with Crippen LogP contribution < -0.4 is 5.48 Å². The van der Waals surface area contributed by atoms with Gasteiger partial charge in [0.2, 0.25) is 0 Å². The van der Waals surface area contributed by atoms with Crippen LogP contribution in [-0.4, -0.2) is 7.11 Å². The smallest absolute Gasteiger partial charge is 0.144 e. The molecule has 0 spiro atoms. The van der Waals surface area contributed by atoms with Gasteiger partial charge in [-0.3, -0.25) is 0 Å². The van der Waals surface area contributed by atoms with E-state index in [9.17, 15) is 8.78 Å². The van der Waals surface area contributed by atoms with Crippen LogP contribution in [0.5, 0.6) is 0 Å². The normalized spacial score (nSPS) is 10.5. The molecule has 5 heteroatoms. The molecule has 0 aliphatic heterocycles. The van der Waals surface area contributed by atoms with Gasteiger partial charge in [0.05, 0.1) is 11.6 Å². The maximum absolute atomic E-state index is 13.2. The van der Waals surface area contributed by atoms with Crippen molar-refractivity contribution < 1.29 is 13.6 Å². The number of hydroxylamine groups is 1. The summed E-state index contributed by atoms with van der Waals surface area (Å²) >= 11 is 2.80. The van der Waals surface area contributed by atoms with Crippen molar-refractivity contribution >= 4 is 15.9 Å². The van der Waals surface area contributed by atoms with Gasteiger partial charge in [0, 0.05) is 12.1 Å². The Bertz CT molecular complexity index is 306. The molecular weight excluding hydrogens is 244 g/mol. The minimum atomic E-state index is -0.612. The van der Waals surface area contributed by atoms with E-state index in [2.05, 4.69) is 26.2 Å². The third-order valence-electron chi connectivity index (χ3n) is 1.52. The maximum Gasteiger partial charge on any atom is 0.144 e. The predicted octanol–water partition coefficient (Wildman–Crippen LogP) is 2.38. The summed E-state index contributed by atoms with van der Waals surface area (Å²) in [6, 6.07) is 2.56. The lowest BCUT2D eigenvalue weighted by Gasteiger charge is -2.05. The molecule has 0 heterocycles. The quantitative estimate of drug-likeness (QED) is 0.658. The maximum atomic E-state index is 13.2. The van der Waals surface area contributed by atoms with Crippen LogP contribution in [0.1, 0.15) is 5.56 Å². The van der Waals surface area contributed by atoms with E-state index in [1.165, 1.54) is 19.2 Å². The molecular formula is C8H8BrF2NO. The second kappa shape index (κ2) is 4.64. The van der Waals surface area contributed by atoms with Crippen LogP contribution in [0.2, 0.25) is 0 Å². The van der Waals surface area contributed by atoms with Gasteiger partial charge >= 0.3 is 0 Å². The Kier molecular flexibility index (Phi) is 3.77. The molecule has 13 heavy (non-hydrogen) atoms. The summed E-state index contributed by atoms with van der Waals surface area (Å²) in [5.41, 5.74) is 2.81. The van der Waals surface area contributed by atoms with Gasteiger partial charge in [0.1, 0.15) is 11.6 Å². The van der Waals surface area contributed by atoms with E-state index in [1.807, 2.05) is 0 Å². The Morgan fingerprint density at radius 2 is 2.15 bits per heavy atom. The molecule has 0 radical (unpaired) electrons. The third-order valence-corrected chi connectivity index (χ3v) is 2.25. The predicted molar refractivity (Wildman–Crippen MR) is 47.9 cm³/mol. The molecule has 0 atom stereocenters. The van der Waals surface area contributed by atoms with Gasteiger partial charge in [-0.2, -0.15) is 5.48 Å². The highest BCUT2D eigenvalue weighted by Gasteiger charge is 2.10. The van der Waals surface area contributed by atoms with Crippen LogP contribution in [0.4, 0.5) is 8.78 Å². The Hall–Kier alpha value is -0.520. The first kappa shape index (κ1) is 10.6. The van der Waals surface area contributed by atoms with Crippen LogP contribution in [0, 0.1) is 11.6 Å². The molecule has 0 saturated heterocycles. The summed E-state index contributed by atoms with van der Waals surface area (Å²) in [4.78, 5) is 4.55. The first-order valence-corrected chi connectivity index (χ1v) is 4.34. The molecule has 0 saturated carbocycles. The fraction of sp³-hybridized carbons (Fsp3) is 0.250. The molecule has 1 N–H and O–H groups in total. The van der Waals surface area contributed by atoms with Gasteiger partial charge in [-0.05, 0) is 22.0 Å². The Morgan fingerprint density at radius 3 is 2.77 bits per heavy atom. The number of hydrogen-bond donors (Lipinski definition) is 1. The van der Waals surface area contributed by atoms with Crippen molar-refractivity contribution in [2.75, 3.05) is 7.11 Å². The van der Waals surface area contributed by atoms with E-state index in [0.717, 1.165) is 0 Å². The molecule has 1 rings (SSSR count). The molecule has 2 nitrogen and oxygen atoms in total. The molecule has 1 aromatic carbocycles. The largest absolute Gasteiger partial charge is 0.305 e. The number of halogens is 3. The van der Waals surface area contributed by atoms with Crippen molar-refractivity contribution in [3.8, 4) is 0 Å². The van der Waals surface area contributed by atoms with Gasteiger partial charge in [0.25, 0.3) is 0 Å². The van der Waals surface area contributed by atoms with Crippen LogP contribution in [0.25, 0.3) is 0 Å². The topological polar surface area (TPSA) is 21.3 Å². The van der Waals surface area contributed by atoms with E-state index in [4.69, 9.17) is 0 Å². The Balaban J connectivity index is 2.90. The lowest BCUT2D eigenvalue weighted by molar-refractivity contribution is 0.0858. The highest BCUT2D eigenvalue weighted by molar-refractivity contribution is 9.10. The van der Waals surface area contributed by atoms with Crippen molar-refractivity contribution in [1.82, 2.24) is 5.48 Å². The standard InChI is InChI=1S/C8H8BrF2NO/c1-13-12-4-5-2-3-6(10)7(9)8(5)11/h2-3,12H,4H2,1H3. The fourth-order valence-electron chi connectivity index (χ4n) is 0.852. The first-order valence-electron chi connectivity index (χ1n) is 3.55. The average Bonchev–Trinajstić information content (AvgIpc) is 2.13. The summed E-state index contributed by atoms with van der Waals surface area (Å²) in [5, 5.41) is 0. The second-order valence-corrected chi connectivity index (χ2v) is 3.15. The van der Waals surface area contributed by atoms with Crippen molar-refractivity contribution in [2.45, 2.75) is 6.54 Å². The first-order chi connectivity index (χ1) is 6.16. The van der Waals surface area contributed by atoms with Crippen molar-refractivity contribution in [3.05, 3.63) is 33.8 Å². The number of rotatable bonds is 3. The van der Waals surface area contributed by atoms with Gasteiger partial charge in [-0.1, -0.05) is 6.07 Å². The second-order valence-electron chi connectivity index (χ2n) is 2.36. The zero-order valence-electron chi connectivity index (χ0n) is 6.90. The van der Waals surface area contributed by atoms with Gasteiger partial charge < -0.3 is 4.84 Å². The van der Waals surface area contributed by atoms with Crippen molar-refractivity contribution in [3.63, 3.8) is 0 Å². The molecule has 1 aromatic rings. The van der Waals surface area contributed by atoms with E-state index in [-0.39, 0.29) is 11.0 Å². The highest BCUT2D eigenvalue weighted by atomic mass is 79.9. The molecule has 0 amide bonds. The zero-order chi connectivity index (χ0) is 9.84. The molecule has 0 aliphatic carbocycles. The molecule has 0 aromatic heterocycles. The van der Waals surface area contributed by atoms with Crippen molar-refractivity contribution in [1.29, 1.82) is 0 Å². The summed E-state index contributed by atoms with van der Waals surface area (Å²) in [6.45, 7) is 0.196. The zero-order valence-corrected chi connectivity index (χ0v) is 8.49. The van der Waals surface area contributed by atoms with Gasteiger partial charge in [0.15, 0.2) is 0 Å². The number of nitrogens with one attached hydrogen (secondary N) is 1. The molecule has 72 valence electrons. The molecule has 0 bridgehead atoms. The number of hydrogen-bond acceptors (Lipinski definition) is 2. The fourth-order valence-corrected chi connectivity index (χ4v) is 1.24. The lowest BCUT2D eigenvalue weighted by Crippen LogP contribution is -2.12. The van der Waals surface area contributed by atoms with Gasteiger partial charge in [-0.15, -0.1) is 0 Å². The van der Waals surface area contributed by atoms with Crippen LogP contribution >= 0.6 is 15.9 Å². The summed E-state index contributed by atoms with van der Waals surface area (Å²) in [7, 11) is 1.43. The highest BCUT2D eigenvalue weighted by Crippen LogP contribution is 2.22. The Morgan fingerprint density at radius 1 is 1.46 bits per heavy atom. The molecule has 0 unspecified atom stereocenters. The minimum Gasteiger partial charge on any atom is -0.305 e. The van der Waals surface area contributed by atoms with E-state index >= 15 is 0 Å². The monoisotopic (exact) mass is 251 g/mol. The van der Waals surface area contributed by atoms with E-state index in [1.54, 1.807) is 0 Å². The SMILES string of the molecule is CONCc1ccc(F)c(Br)c1F.